The van der Waals surface area contributed by atoms with Crippen LogP contribution in [0.3, 0.4) is 0 Å². The number of ether oxygens (including phenoxy) is 1. The van der Waals surface area contributed by atoms with Crippen molar-refractivity contribution in [2.45, 2.75) is 6.92 Å². The highest BCUT2D eigenvalue weighted by Gasteiger charge is 2.14. The fourth-order valence-electron chi connectivity index (χ4n) is 1.24. The summed E-state index contributed by atoms with van der Waals surface area (Å²) in [5.74, 6) is 0.752. The normalized spacial score (nSPS) is 9.95. The van der Waals surface area contributed by atoms with Crippen molar-refractivity contribution in [3.63, 3.8) is 0 Å². The van der Waals surface area contributed by atoms with Gasteiger partial charge in [-0.1, -0.05) is 0 Å². The maximum Gasteiger partial charge on any atom is 0.323 e. The molecule has 0 saturated carbocycles. The molecule has 1 aromatic rings. The van der Waals surface area contributed by atoms with Crippen LogP contribution in [0, 0.1) is 0 Å². The second-order valence-electron chi connectivity index (χ2n) is 4.07. The van der Waals surface area contributed by atoms with Gasteiger partial charge in [0.05, 0.1) is 13.2 Å². The van der Waals surface area contributed by atoms with Crippen LogP contribution in [0.2, 0.25) is 0 Å². The van der Waals surface area contributed by atoms with Gasteiger partial charge in [0.2, 0.25) is 17.8 Å². The topological polar surface area (TPSA) is 83.5 Å². The molecular formula is C11H20N6O2. The third-order valence-electron chi connectivity index (χ3n) is 2.31. The minimum atomic E-state index is -0.0353. The van der Waals surface area contributed by atoms with Crippen LogP contribution in [0.1, 0.15) is 6.92 Å². The van der Waals surface area contributed by atoms with Gasteiger partial charge in [0, 0.05) is 28.2 Å². The van der Waals surface area contributed by atoms with E-state index in [1.165, 1.54) is 4.90 Å². The summed E-state index contributed by atoms with van der Waals surface area (Å²) in [7, 11) is 6.86. The summed E-state index contributed by atoms with van der Waals surface area (Å²) in [4.78, 5) is 27.2. The van der Waals surface area contributed by atoms with E-state index in [9.17, 15) is 4.79 Å². The predicted molar refractivity (Wildman–Crippen MR) is 72.5 cm³/mol. The smallest absolute Gasteiger partial charge is 0.323 e. The van der Waals surface area contributed by atoms with E-state index < -0.39 is 0 Å². The van der Waals surface area contributed by atoms with Crippen molar-refractivity contribution in [1.82, 2.24) is 19.9 Å². The number of anilines is 2. The third kappa shape index (κ3) is 4.23. The highest BCUT2D eigenvalue weighted by atomic mass is 16.5. The molecule has 0 aliphatic rings. The number of likely N-dealkylation sites (N-methyl/N-ethyl adjacent to an activating group) is 2. The Hall–Kier alpha value is -2.12. The van der Waals surface area contributed by atoms with Crippen molar-refractivity contribution in [2.24, 2.45) is 0 Å². The van der Waals surface area contributed by atoms with Crippen LogP contribution >= 0.6 is 0 Å². The zero-order chi connectivity index (χ0) is 14.4. The summed E-state index contributed by atoms with van der Waals surface area (Å²) in [6.07, 6.45) is 0. The SMILES string of the molecule is CCOc1nc(NC)nc(N(C)CC(=O)N(C)C)n1. The molecule has 0 fully saturated rings. The Kier molecular flexibility index (Phi) is 5.28. The molecule has 1 rings (SSSR count). The standard InChI is InChI=1S/C11H20N6O2/c1-6-19-11-14-9(12-2)13-10(15-11)17(5)7-8(18)16(3)4/h6-7H2,1-5H3,(H,12,13,14,15). The number of nitrogens with zero attached hydrogens (tertiary/aromatic N) is 5. The molecule has 0 aliphatic carbocycles. The van der Waals surface area contributed by atoms with Crippen LogP contribution in [0.4, 0.5) is 11.9 Å². The zero-order valence-corrected chi connectivity index (χ0v) is 12.0. The monoisotopic (exact) mass is 268 g/mol. The average molecular weight is 268 g/mol. The zero-order valence-electron chi connectivity index (χ0n) is 12.0. The summed E-state index contributed by atoms with van der Waals surface area (Å²) in [5, 5.41) is 2.83. The second-order valence-corrected chi connectivity index (χ2v) is 4.07. The minimum absolute atomic E-state index is 0.0353. The first-order valence-electron chi connectivity index (χ1n) is 5.95. The number of hydrogen-bond donors (Lipinski definition) is 1. The van der Waals surface area contributed by atoms with Crippen molar-refractivity contribution < 1.29 is 9.53 Å². The number of carbonyl (C=O) groups excluding carboxylic acids is 1. The summed E-state index contributed by atoms with van der Waals surface area (Å²) >= 11 is 0. The Morgan fingerprint density at radius 2 is 1.95 bits per heavy atom. The van der Waals surface area contributed by atoms with Gasteiger partial charge in [0.15, 0.2) is 0 Å². The Balaban J connectivity index is 2.91. The molecule has 8 heteroatoms. The quantitative estimate of drug-likeness (QED) is 0.767. The van der Waals surface area contributed by atoms with Gasteiger partial charge in [-0.15, -0.1) is 0 Å². The van der Waals surface area contributed by atoms with E-state index in [2.05, 4.69) is 20.3 Å². The molecule has 1 amide bonds. The van der Waals surface area contributed by atoms with Gasteiger partial charge >= 0.3 is 6.01 Å². The van der Waals surface area contributed by atoms with Crippen LogP contribution in [0.5, 0.6) is 6.01 Å². The molecule has 0 radical (unpaired) electrons. The lowest BCUT2D eigenvalue weighted by atomic mass is 10.5. The summed E-state index contributed by atoms with van der Waals surface area (Å²) in [6.45, 7) is 2.50. The van der Waals surface area contributed by atoms with Crippen molar-refractivity contribution >= 4 is 17.8 Å². The number of aromatic nitrogens is 3. The molecule has 8 nitrogen and oxygen atoms in total. The number of hydrogen-bond acceptors (Lipinski definition) is 7. The fraction of sp³-hybridized carbons (Fsp3) is 0.636. The van der Waals surface area contributed by atoms with Crippen LogP contribution in [-0.4, -0.2) is 67.1 Å². The molecule has 0 saturated heterocycles. The van der Waals surface area contributed by atoms with Gasteiger partial charge in [-0.3, -0.25) is 4.79 Å². The first-order chi connectivity index (χ1) is 8.97. The number of nitrogens with one attached hydrogen (secondary N) is 1. The van der Waals surface area contributed by atoms with E-state index in [1.807, 2.05) is 6.92 Å². The molecule has 1 N–H and O–H groups in total. The largest absolute Gasteiger partial charge is 0.464 e. The van der Waals surface area contributed by atoms with Gasteiger partial charge in [-0.25, -0.2) is 0 Å². The van der Waals surface area contributed by atoms with E-state index in [-0.39, 0.29) is 18.5 Å². The lowest BCUT2D eigenvalue weighted by molar-refractivity contribution is -0.127. The highest BCUT2D eigenvalue weighted by Crippen LogP contribution is 2.13. The first kappa shape index (κ1) is 14.9. The van der Waals surface area contributed by atoms with E-state index in [1.54, 1.807) is 33.1 Å². The highest BCUT2D eigenvalue weighted by molar-refractivity contribution is 5.80. The third-order valence-corrected chi connectivity index (χ3v) is 2.31. The molecule has 0 atom stereocenters. The van der Waals surface area contributed by atoms with Gasteiger partial charge in [0.25, 0.3) is 0 Å². The average Bonchev–Trinajstić information content (AvgIpc) is 2.38. The fourth-order valence-corrected chi connectivity index (χ4v) is 1.24. The maximum absolute atomic E-state index is 11.7. The van der Waals surface area contributed by atoms with Crippen molar-refractivity contribution in [3.8, 4) is 6.01 Å². The molecule has 1 heterocycles. The molecule has 0 aromatic carbocycles. The lowest BCUT2D eigenvalue weighted by Gasteiger charge is -2.19. The minimum Gasteiger partial charge on any atom is -0.464 e. The molecule has 106 valence electrons. The summed E-state index contributed by atoms with van der Waals surface area (Å²) in [5.41, 5.74) is 0. The van der Waals surface area contributed by atoms with Crippen LogP contribution in [-0.2, 0) is 4.79 Å². The number of amides is 1. The molecule has 0 bridgehead atoms. The van der Waals surface area contributed by atoms with Crippen LogP contribution in [0.25, 0.3) is 0 Å². The molecule has 0 unspecified atom stereocenters. The van der Waals surface area contributed by atoms with E-state index in [0.717, 1.165) is 0 Å². The summed E-state index contributed by atoms with van der Waals surface area (Å²) in [6, 6.07) is 0.237. The Labute approximate surface area is 112 Å². The molecule has 1 aromatic heterocycles. The molecule has 0 spiro atoms. The Morgan fingerprint density at radius 1 is 1.26 bits per heavy atom. The van der Waals surface area contributed by atoms with E-state index in [4.69, 9.17) is 4.74 Å². The Morgan fingerprint density at radius 3 is 2.47 bits per heavy atom. The van der Waals surface area contributed by atoms with Gasteiger partial charge < -0.3 is 19.9 Å². The second kappa shape index (κ2) is 6.72. The van der Waals surface area contributed by atoms with E-state index in [0.29, 0.717) is 18.5 Å². The number of rotatable bonds is 6. The van der Waals surface area contributed by atoms with Gasteiger partial charge in [0.1, 0.15) is 0 Å². The van der Waals surface area contributed by atoms with Crippen molar-refractivity contribution in [3.05, 3.63) is 0 Å². The van der Waals surface area contributed by atoms with Crippen LogP contribution in [0.15, 0.2) is 0 Å². The molecule has 19 heavy (non-hydrogen) atoms. The van der Waals surface area contributed by atoms with Gasteiger partial charge in [-0.2, -0.15) is 15.0 Å². The summed E-state index contributed by atoms with van der Waals surface area (Å²) < 4.78 is 5.27. The van der Waals surface area contributed by atoms with Gasteiger partial charge in [-0.05, 0) is 6.92 Å². The van der Waals surface area contributed by atoms with Crippen molar-refractivity contribution in [1.29, 1.82) is 0 Å². The Bertz CT molecular complexity index is 437. The van der Waals surface area contributed by atoms with Crippen molar-refractivity contribution in [2.75, 3.05) is 51.6 Å². The lowest BCUT2D eigenvalue weighted by Crippen LogP contribution is -2.35. The first-order valence-corrected chi connectivity index (χ1v) is 5.95. The molecular weight excluding hydrogens is 248 g/mol. The van der Waals surface area contributed by atoms with E-state index >= 15 is 0 Å². The van der Waals surface area contributed by atoms with Crippen LogP contribution < -0.4 is 15.0 Å². The predicted octanol–water partition coefficient (Wildman–Crippen LogP) is -0.164. The maximum atomic E-state index is 11.7. The molecule has 0 aliphatic heterocycles. The number of carbonyl (C=O) groups is 1.